The zero-order chi connectivity index (χ0) is 35.1. The lowest BCUT2D eigenvalue weighted by Crippen LogP contribution is -2.51. The topological polar surface area (TPSA) is 132 Å². The molecule has 2 saturated carbocycles. The molecule has 1 heterocycles. The lowest BCUT2D eigenvalue weighted by atomic mass is 9.63. The quantitative estimate of drug-likeness (QED) is 0.136. The molecule has 1 spiro atoms. The van der Waals surface area contributed by atoms with Gasteiger partial charge in [0.25, 0.3) is 5.91 Å². The van der Waals surface area contributed by atoms with Crippen LogP contribution >= 0.6 is 0 Å². The van der Waals surface area contributed by atoms with Gasteiger partial charge in [-0.2, -0.15) is 0 Å². The highest BCUT2D eigenvalue weighted by Gasteiger charge is 2.44. The predicted octanol–water partition coefficient (Wildman–Crippen LogP) is 7.44. The molecule has 1 aromatic heterocycles. The van der Waals surface area contributed by atoms with Gasteiger partial charge in [0, 0.05) is 23.8 Å². The van der Waals surface area contributed by atoms with Crippen LogP contribution in [0, 0.1) is 11.2 Å². The summed E-state index contributed by atoms with van der Waals surface area (Å²) in [4.78, 5) is 26.1. The Morgan fingerprint density at radius 1 is 0.918 bits per heavy atom. The monoisotopic (exact) mass is 676 g/mol. The molecule has 2 aliphatic carbocycles. The molecule has 1 amide bonds. The summed E-state index contributed by atoms with van der Waals surface area (Å²) in [6, 6.07) is 15.9. The van der Waals surface area contributed by atoms with E-state index in [-0.39, 0.29) is 54.6 Å². The van der Waals surface area contributed by atoms with E-state index in [2.05, 4.69) is 9.88 Å². The third-order valence-electron chi connectivity index (χ3n) is 10.7. The Morgan fingerprint density at radius 3 is 2.27 bits per heavy atom. The average Bonchev–Trinajstić information content (AvgIpc) is 3.39. The molecule has 0 aliphatic heterocycles. The summed E-state index contributed by atoms with van der Waals surface area (Å²) >= 11 is 0. The van der Waals surface area contributed by atoms with Crippen molar-refractivity contribution < 1.29 is 34.4 Å². The van der Waals surface area contributed by atoms with Crippen LogP contribution < -0.4 is 5.32 Å². The van der Waals surface area contributed by atoms with Gasteiger partial charge in [0.15, 0.2) is 0 Å². The van der Waals surface area contributed by atoms with Crippen LogP contribution in [0.15, 0.2) is 54.6 Å². The smallest absolute Gasteiger partial charge is 0.305 e. The van der Waals surface area contributed by atoms with E-state index >= 15 is 0 Å². The van der Waals surface area contributed by atoms with Gasteiger partial charge in [-0.3, -0.25) is 9.59 Å². The minimum Gasteiger partial charge on any atom is -0.481 e. The third kappa shape index (κ3) is 8.80. The number of nitrogens with one attached hydrogen (secondary N) is 1. The molecule has 2 fully saturated rings. The van der Waals surface area contributed by atoms with Gasteiger partial charge in [0.05, 0.1) is 36.0 Å². The van der Waals surface area contributed by atoms with E-state index in [1.165, 1.54) is 12.1 Å². The molecule has 5 rings (SSSR count). The minimum absolute atomic E-state index is 0.0831. The van der Waals surface area contributed by atoms with E-state index in [1.54, 1.807) is 12.1 Å². The first-order valence-corrected chi connectivity index (χ1v) is 18.1. The van der Waals surface area contributed by atoms with E-state index in [9.17, 15) is 29.3 Å². The number of carbonyl (C=O) groups excluding carboxylic acids is 1. The van der Waals surface area contributed by atoms with Crippen molar-refractivity contribution in [3.8, 4) is 22.4 Å². The largest absolute Gasteiger partial charge is 0.481 e. The van der Waals surface area contributed by atoms with Gasteiger partial charge >= 0.3 is 5.97 Å². The Balaban J connectivity index is 1.63. The first-order valence-electron chi connectivity index (χ1n) is 18.1. The Labute approximate surface area is 289 Å². The number of aliphatic carboxylic acids is 1. The van der Waals surface area contributed by atoms with Crippen molar-refractivity contribution in [3.63, 3.8) is 0 Å². The Morgan fingerprint density at radius 2 is 1.59 bits per heavy atom. The zero-order valence-corrected chi connectivity index (χ0v) is 28.9. The number of nitrogens with zero attached hydrogens (tertiary/aromatic N) is 1. The Hall–Kier alpha value is -3.53. The maximum Gasteiger partial charge on any atom is 0.305 e. The van der Waals surface area contributed by atoms with Gasteiger partial charge in [0.1, 0.15) is 5.82 Å². The molecule has 2 aliphatic rings. The fourth-order valence-corrected chi connectivity index (χ4v) is 8.50. The van der Waals surface area contributed by atoms with Crippen molar-refractivity contribution in [1.82, 2.24) is 9.88 Å². The van der Waals surface area contributed by atoms with E-state index < -0.39 is 24.6 Å². The maximum absolute atomic E-state index is 14.9. The van der Waals surface area contributed by atoms with E-state index in [1.807, 2.05) is 44.2 Å². The van der Waals surface area contributed by atoms with Crippen LogP contribution in [0.25, 0.3) is 22.4 Å². The second-order valence-electron chi connectivity index (χ2n) is 14.7. The lowest BCUT2D eigenvalue weighted by Gasteiger charge is -2.47. The summed E-state index contributed by atoms with van der Waals surface area (Å²) in [5, 5.41) is 44.7. The van der Waals surface area contributed by atoms with Crippen LogP contribution in [0.1, 0.15) is 119 Å². The predicted molar refractivity (Wildman–Crippen MR) is 189 cm³/mol. The first kappa shape index (κ1) is 36.7. The fraction of sp³-hybridized carbons (Fsp3) is 0.550. The molecule has 5 atom stereocenters. The van der Waals surface area contributed by atoms with Crippen molar-refractivity contribution in [2.75, 3.05) is 0 Å². The lowest BCUT2D eigenvalue weighted by molar-refractivity contribution is -0.139. The van der Waals surface area contributed by atoms with Crippen LogP contribution in [-0.2, 0) is 11.3 Å². The van der Waals surface area contributed by atoms with Gasteiger partial charge in [-0.15, -0.1) is 0 Å². The van der Waals surface area contributed by atoms with E-state index in [0.717, 1.165) is 85.9 Å². The van der Waals surface area contributed by atoms with Gasteiger partial charge < -0.3 is 30.3 Å². The van der Waals surface area contributed by atoms with Crippen molar-refractivity contribution in [1.29, 1.82) is 0 Å². The molecule has 5 N–H and O–H groups in total. The number of carboxylic acid groups (broad SMARTS) is 1. The second-order valence-corrected chi connectivity index (χ2v) is 14.7. The number of amides is 1. The van der Waals surface area contributed by atoms with Gasteiger partial charge in [-0.1, -0.05) is 76.3 Å². The van der Waals surface area contributed by atoms with Crippen LogP contribution in [0.3, 0.4) is 0 Å². The van der Waals surface area contributed by atoms with E-state index in [4.69, 9.17) is 5.11 Å². The highest BCUT2D eigenvalue weighted by atomic mass is 19.1. The van der Waals surface area contributed by atoms with Gasteiger partial charge in [-0.05, 0) is 91.7 Å². The summed E-state index contributed by atoms with van der Waals surface area (Å²) in [7, 11) is 0. The molecule has 49 heavy (non-hydrogen) atoms. The fourth-order valence-electron chi connectivity index (χ4n) is 8.50. The Bertz CT molecular complexity index is 1550. The number of benzene rings is 2. The summed E-state index contributed by atoms with van der Waals surface area (Å²) < 4.78 is 16.3. The van der Waals surface area contributed by atoms with Gasteiger partial charge in [0.2, 0.25) is 0 Å². The van der Waals surface area contributed by atoms with Crippen molar-refractivity contribution >= 4 is 11.9 Å². The molecule has 8 nitrogen and oxygen atoms in total. The molecule has 266 valence electrons. The third-order valence-corrected chi connectivity index (χ3v) is 10.7. The van der Waals surface area contributed by atoms with Crippen LogP contribution in [-0.4, -0.2) is 61.2 Å². The molecule has 0 radical (unpaired) electrons. The van der Waals surface area contributed by atoms with Crippen molar-refractivity contribution in [2.24, 2.45) is 5.41 Å². The number of hydrogen-bond donors (Lipinski definition) is 5. The van der Waals surface area contributed by atoms with E-state index in [0.29, 0.717) is 12.0 Å². The van der Waals surface area contributed by atoms with Crippen LogP contribution in [0.2, 0.25) is 0 Å². The summed E-state index contributed by atoms with van der Waals surface area (Å²) in [6.45, 7) is 4.35. The normalized spacial score (nSPS) is 22.8. The standard InChI is InChI=1S/C40H53FN2O6/c1-26(2)37-36(39(49)42-33-14-8-10-21-40(33)20-9-4-7-13-31(45)25-40)35(27-11-5-3-6-12-27)38(28-15-17-29(41)18-16-28)43(37)22-19-30(44)23-32(46)24-34(47)48/h3,5-6,11-12,15-18,26,30-33,44-46H,4,7-10,13-14,19-25H2,1-2H3,(H,42,49)(H,47,48)/t30-,31?,32-,33?,40?/m1/s1. The Kier molecular flexibility index (Phi) is 12.3. The molecule has 3 unspecified atom stereocenters. The number of carbonyl (C=O) groups is 2. The first-order chi connectivity index (χ1) is 23.5. The highest BCUT2D eigenvalue weighted by molar-refractivity contribution is 6.06. The number of aliphatic hydroxyl groups excluding tert-OH is 3. The molecule has 0 bridgehead atoms. The van der Waals surface area contributed by atoms with Crippen LogP contribution in [0.5, 0.6) is 0 Å². The van der Waals surface area contributed by atoms with Crippen molar-refractivity contribution in [3.05, 3.63) is 71.7 Å². The number of aromatic nitrogens is 1. The summed E-state index contributed by atoms with van der Waals surface area (Å²) in [5.74, 6) is -1.81. The summed E-state index contributed by atoms with van der Waals surface area (Å²) in [6.07, 6.45) is 6.69. The minimum atomic E-state index is -1.19. The molecule has 2 aromatic carbocycles. The average molecular weight is 677 g/mol. The second kappa shape index (κ2) is 16.5. The molecule has 3 aromatic rings. The molecular formula is C40H53FN2O6. The zero-order valence-electron chi connectivity index (χ0n) is 28.9. The van der Waals surface area contributed by atoms with Crippen LogP contribution in [0.4, 0.5) is 4.39 Å². The number of aliphatic hydroxyl groups is 3. The number of hydrogen-bond acceptors (Lipinski definition) is 5. The molecule has 0 saturated heterocycles. The summed E-state index contributed by atoms with van der Waals surface area (Å²) in [5.41, 5.74) is 4.20. The molecule has 9 heteroatoms. The maximum atomic E-state index is 14.9. The SMILES string of the molecule is CC(C)c1c(C(=O)NC2CCCCC23CCCCCC(O)C3)c(-c2ccccc2)c(-c2ccc(F)cc2)n1CC[C@@H](O)C[C@@H](O)CC(=O)O. The van der Waals surface area contributed by atoms with Crippen molar-refractivity contribution in [2.45, 2.75) is 134 Å². The highest BCUT2D eigenvalue weighted by Crippen LogP contribution is 2.47. The van der Waals surface area contributed by atoms with Gasteiger partial charge in [-0.25, -0.2) is 4.39 Å². The number of rotatable bonds is 12. The number of halogens is 1. The number of carboxylic acids is 1. The molecular weight excluding hydrogens is 623 g/mol.